The summed E-state index contributed by atoms with van der Waals surface area (Å²) in [6.07, 6.45) is 0.262. The number of aliphatic imine (C=N–C) groups is 1. The molecule has 190 valence electrons. The van der Waals surface area contributed by atoms with Gasteiger partial charge in [-0.05, 0) is 37.1 Å². The quantitative estimate of drug-likeness (QED) is 0.268. The number of carboxylic acid groups (broad SMARTS) is 2. The van der Waals surface area contributed by atoms with E-state index in [9.17, 15) is 29.1 Å². The maximum atomic E-state index is 13.4. The maximum Gasteiger partial charge on any atom is 0.323 e. The molecule has 0 bridgehead atoms. The van der Waals surface area contributed by atoms with Crippen molar-refractivity contribution in [3.63, 3.8) is 0 Å². The normalized spacial score (nSPS) is 19.7. The van der Waals surface area contributed by atoms with Gasteiger partial charge < -0.3 is 36.4 Å². The fraction of sp³-hybridized carbons (Fsp3) is 0.429. The number of rotatable bonds is 7. The fourth-order valence-corrected chi connectivity index (χ4v) is 4.24. The second-order valence-corrected chi connectivity index (χ2v) is 8.04. The number of carbonyl (C=O) groups is 5. The summed E-state index contributed by atoms with van der Waals surface area (Å²) >= 11 is 0. The van der Waals surface area contributed by atoms with Crippen molar-refractivity contribution in [2.75, 3.05) is 26.2 Å². The van der Waals surface area contributed by atoms with Gasteiger partial charge in [0.15, 0.2) is 5.96 Å². The highest BCUT2D eigenvalue weighted by Crippen LogP contribution is 2.26. The van der Waals surface area contributed by atoms with Crippen molar-refractivity contribution in [2.45, 2.75) is 31.3 Å². The molecule has 2 aliphatic heterocycles. The van der Waals surface area contributed by atoms with Crippen LogP contribution in [0.5, 0.6) is 0 Å². The molecule has 6 N–H and O–H groups in total. The third-order valence-corrected chi connectivity index (χ3v) is 5.73. The first kappa shape index (κ1) is 27.4. The third kappa shape index (κ3) is 6.38. The second kappa shape index (κ2) is 11.5. The predicted octanol–water partition coefficient (Wildman–Crippen LogP) is -0.783. The number of nitrogens with zero attached hydrogens (tertiary/aromatic N) is 4. The Morgan fingerprint density at radius 2 is 1.63 bits per heavy atom. The molecule has 2 aliphatic rings. The SMILES string of the molecule is Cl.NC(N)=Nc1ccc(C(=O)N2CCCC2C(=O)N2CCN(CC(=O)O)C(=O)C2CC(=O)O)cc1. The molecule has 2 saturated heterocycles. The molecule has 2 fully saturated rings. The number of amides is 3. The van der Waals surface area contributed by atoms with Gasteiger partial charge in [-0.25, -0.2) is 4.99 Å². The van der Waals surface area contributed by atoms with Crippen molar-refractivity contribution in [1.82, 2.24) is 14.7 Å². The average Bonchev–Trinajstić information content (AvgIpc) is 3.25. The number of nitrogens with two attached hydrogens (primary N) is 2. The summed E-state index contributed by atoms with van der Waals surface area (Å²) in [5, 5.41) is 18.3. The van der Waals surface area contributed by atoms with E-state index in [1.807, 2.05) is 0 Å². The van der Waals surface area contributed by atoms with Crippen LogP contribution in [0.2, 0.25) is 0 Å². The van der Waals surface area contributed by atoms with E-state index in [0.29, 0.717) is 30.6 Å². The molecule has 0 aromatic heterocycles. The van der Waals surface area contributed by atoms with Crippen LogP contribution in [0.1, 0.15) is 29.6 Å². The lowest BCUT2D eigenvalue weighted by Gasteiger charge is -2.41. The van der Waals surface area contributed by atoms with E-state index in [1.54, 1.807) is 12.1 Å². The van der Waals surface area contributed by atoms with Gasteiger partial charge in [0.2, 0.25) is 11.8 Å². The van der Waals surface area contributed by atoms with Crippen LogP contribution in [0.3, 0.4) is 0 Å². The van der Waals surface area contributed by atoms with E-state index >= 15 is 0 Å². The van der Waals surface area contributed by atoms with E-state index in [-0.39, 0.29) is 31.5 Å². The molecule has 2 atom stereocenters. The molecule has 0 aliphatic carbocycles. The fourth-order valence-electron chi connectivity index (χ4n) is 4.24. The number of likely N-dealkylation sites (tertiary alicyclic amines) is 1. The second-order valence-electron chi connectivity index (χ2n) is 8.04. The Balaban J connectivity index is 0.00000432. The first-order valence-corrected chi connectivity index (χ1v) is 10.6. The smallest absolute Gasteiger partial charge is 0.323 e. The van der Waals surface area contributed by atoms with Crippen molar-refractivity contribution >= 4 is 53.7 Å². The zero-order chi connectivity index (χ0) is 25.0. The number of carbonyl (C=O) groups excluding carboxylic acids is 3. The summed E-state index contributed by atoms with van der Waals surface area (Å²) in [4.78, 5) is 69.2. The number of aliphatic carboxylic acids is 2. The van der Waals surface area contributed by atoms with Crippen molar-refractivity contribution < 1.29 is 34.2 Å². The minimum Gasteiger partial charge on any atom is -0.481 e. The highest BCUT2D eigenvalue weighted by atomic mass is 35.5. The Bertz CT molecular complexity index is 1030. The van der Waals surface area contributed by atoms with Crippen molar-refractivity contribution in [1.29, 1.82) is 0 Å². The van der Waals surface area contributed by atoms with Gasteiger partial charge in [-0.15, -0.1) is 12.4 Å². The largest absolute Gasteiger partial charge is 0.481 e. The molecule has 1 aromatic rings. The number of benzene rings is 1. The lowest BCUT2D eigenvalue weighted by atomic mass is 10.0. The van der Waals surface area contributed by atoms with Gasteiger partial charge in [0.05, 0.1) is 12.1 Å². The van der Waals surface area contributed by atoms with Gasteiger partial charge in [0.25, 0.3) is 5.91 Å². The number of hydrogen-bond acceptors (Lipinski definition) is 6. The molecular formula is C21H27ClN6O7. The average molecular weight is 511 g/mol. The van der Waals surface area contributed by atoms with Crippen LogP contribution in [-0.2, 0) is 19.2 Å². The number of halogens is 1. The molecule has 0 spiro atoms. The Labute approximate surface area is 206 Å². The van der Waals surface area contributed by atoms with E-state index in [4.69, 9.17) is 16.6 Å². The van der Waals surface area contributed by atoms with Gasteiger partial charge >= 0.3 is 11.9 Å². The van der Waals surface area contributed by atoms with Crippen molar-refractivity contribution in [3.05, 3.63) is 29.8 Å². The highest BCUT2D eigenvalue weighted by Gasteiger charge is 2.44. The number of hydrogen-bond donors (Lipinski definition) is 4. The summed E-state index contributed by atoms with van der Waals surface area (Å²) < 4.78 is 0. The van der Waals surface area contributed by atoms with Crippen LogP contribution in [-0.4, -0.2) is 98.8 Å². The highest BCUT2D eigenvalue weighted by molar-refractivity contribution is 6.00. The van der Waals surface area contributed by atoms with Gasteiger partial charge in [-0.2, -0.15) is 0 Å². The van der Waals surface area contributed by atoms with Crippen molar-refractivity contribution in [2.24, 2.45) is 16.5 Å². The Morgan fingerprint density at radius 3 is 2.20 bits per heavy atom. The molecule has 1 aromatic carbocycles. The molecule has 2 heterocycles. The minimum absolute atomic E-state index is 0. The number of guanidine groups is 1. The predicted molar refractivity (Wildman–Crippen MR) is 125 cm³/mol. The molecule has 35 heavy (non-hydrogen) atoms. The molecule has 14 heteroatoms. The summed E-state index contributed by atoms with van der Waals surface area (Å²) in [6.45, 7) is -0.330. The number of piperazine rings is 1. The monoisotopic (exact) mass is 510 g/mol. The van der Waals surface area contributed by atoms with E-state index < -0.39 is 54.7 Å². The summed E-state index contributed by atoms with van der Waals surface area (Å²) in [5.41, 5.74) is 11.5. The van der Waals surface area contributed by atoms with E-state index in [0.717, 1.165) is 9.80 Å². The van der Waals surface area contributed by atoms with Crippen LogP contribution >= 0.6 is 12.4 Å². The Morgan fingerprint density at radius 1 is 0.971 bits per heavy atom. The van der Waals surface area contributed by atoms with Crippen LogP contribution in [0.4, 0.5) is 5.69 Å². The molecular weight excluding hydrogens is 484 g/mol. The van der Waals surface area contributed by atoms with Crippen LogP contribution in [0.15, 0.2) is 29.3 Å². The standard InChI is InChI=1S/C21H26N6O7.ClH/c22-21(23)24-13-5-3-12(4-6-13)18(32)26-7-1-2-14(26)20(34)27-9-8-25(11-17(30)31)19(33)15(27)10-16(28)29;/h3-6,14-15H,1-2,7-11H2,(H,28,29)(H,30,31)(H4,22,23,24);1H. The van der Waals surface area contributed by atoms with Gasteiger partial charge in [0, 0.05) is 25.2 Å². The summed E-state index contributed by atoms with van der Waals surface area (Å²) in [7, 11) is 0. The van der Waals surface area contributed by atoms with Crippen LogP contribution < -0.4 is 11.5 Å². The molecule has 3 amide bonds. The van der Waals surface area contributed by atoms with Crippen LogP contribution in [0.25, 0.3) is 0 Å². The first-order valence-electron chi connectivity index (χ1n) is 10.6. The molecule has 2 unspecified atom stereocenters. The molecule has 13 nitrogen and oxygen atoms in total. The lowest BCUT2D eigenvalue weighted by Crippen LogP contribution is -2.62. The van der Waals surface area contributed by atoms with Gasteiger partial charge in [-0.1, -0.05) is 0 Å². The topological polar surface area (TPSA) is 200 Å². The minimum atomic E-state index is -1.34. The third-order valence-electron chi connectivity index (χ3n) is 5.73. The Kier molecular flexibility index (Phi) is 9.00. The van der Waals surface area contributed by atoms with E-state index in [1.165, 1.54) is 17.0 Å². The van der Waals surface area contributed by atoms with Gasteiger partial charge in [-0.3, -0.25) is 24.0 Å². The zero-order valence-electron chi connectivity index (χ0n) is 18.7. The van der Waals surface area contributed by atoms with Gasteiger partial charge in [0.1, 0.15) is 18.6 Å². The summed E-state index contributed by atoms with van der Waals surface area (Å²) in [6, 6.07) is 3.98. The van der Waals surface area contributed by atoms with E-state index in [2.05, 4.69) is 4.99 Å². The Hall–Kier alpha value is -3.87. The lowest BCUT2D eigenvalue weighted by molar-refractivity contribution is -0.159. The maximum absolute atomic E-state index is 13.4. The molecule has 3 rings (SSSR count). The molecule has 0 saturated carbocycles. The van der Waals surface area contributed by atoms with Crippen molar-refractivity contribution in [3.8, 4) is 0 Å². The van der Waals surface area contributed by atoms with Crippen LogP contribution in [0, 0.1) is 0 Å². The zero-order valence-corrected chi connectivity index (χ0v) is 19.5. The number of carboxylic acids is 2. The summed E-state index contributed by atoms with van der Waals surface area (Å²) in [5.74, 6) is -4.32. The first-order chi connectivity index (χ1) is 16.1. The molecule has 0 radical (unpaired) electrons.